The number of hydrogen-bond donors (Lipinski definition) is 1. The minimum absolute atomic E-state index is 0.703. The summed E-state index contributed by atoms with van der Waals surface area (Å²) in [4.78, 5) is 9.32. The first-order valence-corrected chi connectivity index (χ1v) is 8.33. The maximum Gasteiger partial charge on any atom is 0.133 e. The molecule has 0 saturated carbocycles. The molecule has 0 aliphatic carbocycles. The molecule has 3 rings (SSSR count). The maximum absolute atomic E-state index is 8.98. The van der Waals surface area contributed by atoms with Crippen LogP contribution in [-0.4, -0.2) is 43.1 Å². The first-order valence-electron chi connectivity index (χ1n) is 8.33. The molecule has 1 N–H and O–H groups in total. The monoisotopic (exact) mass is 321 g/mol. The summed E-state index contributed by atoms with van der Waals surface area (Å²) in [6.45, 7) is 5.70. The lowest BCUT2D eigenvalue weighted by Gasteiger charge is -2.34. The van der Waals surface area contributed by atoms with Crippen molar-refractivity contribution in [1.29, 1.82) is 5.26 Å². The van der Waals surface area contributed by atoms with E-state index in [1.54, 1.807) is 0 Å². The second-order valence-electron chi connectivity index (χ2n) is 6.19. The number of aromatic nitrogens is 1. The van der Waals surface area contributed by atoms with E-state index in [2.05, 4.69) is 39.3 Å². The van der Waals surface area contributed by atoms with Crippen LogP contribution in [0.5, 0.6) is 0 Å². The Morgan fingerprint density at radius 2 is 1.96 bits per heavy atom. The Kier molecular flexibility index (Phi) is 5.42. The number of nitrogens with zero attached hydrogens (tertiary/aromatic N) is 4. The minimum Gasteiger partial charge on any atom is -0.354 e. The van der Waals surface area contributed by atoms with Gasteiger partial charge in [-0.25, -0.2) is 4.98 Å². The van der Waals surface area contributed by atoms with Crippen molar-refractivity contribution in [3.63, 3.8) is 0 Å². The average Bonchev–Trinajstić information content (AvgIpc) is 2.63. The predicted octanol–water partition coefficient (Wildman–Crippen LogP) is 1.99. The fourth-order valence-electron chi connectivity index (χ4n) is 2.96. The second kappa shape index (κ2) is 7.91. The Morgan fingerprint density at radius 3 is 2.75 bits per heavy atom. The van der Waals surface area contributed by atoms with Crippen molar-refractivity contribution in [1.82, 2.24) is 15.2 Å². The summed E-state index contributed by atoms with van der Waals surface area (Å²) in [6, 6.07) is 14.0. The highest BCUT2D eigenvalue weighted by Gasteiger charge is 2.17. The molecular weight excluding hydrogens is 298 g/mol. The molecule has 5 heteroatoms. The van der Waals surface area contributed by atoms with Gasteiger partial charge in [0.1, 0.15) is 5.82 Å². The summed E-state index contributed by atoms with van der Waals surface area (Å²) in [5.74, 6) is 1.09. The Hall–Kier alpha value is -2.42. The van der Waals surface area contributed by atoms with Crippen molar-refractivity contribution in [3.8, 4) is 6.07 Å². The Labute approximate surface area is 143 Å². The van der Waals surface area contributed by atoms with Crippen LogP contribution in [0.1, 0.15) is 16.7 Å². The van der Waals surface area contributed by atoms with Gasteiger partial charge in [-0.2, -0.15) is 5.26 Å². The van der Waals surface area contributed by atoms with Crippen LogP contribution in [0, 0.1) is 11.3 Å². The highest BCUT2D eigenvalue weighted by atomic mass is 15.3. The van der Waals surface area contributed by atoms with Crippen LogP contribution in [-0.2, 0) is 13.1 Å². The third kappa shape index (κ3) is 4.10. The van der Waals surface area contributed by atoms with Crippen molar-refractivity contribution in [2.24, 2.45) is 0 Å². The number of hydrogen-bond acceptors (Lipinski definition) is 5. The molecule has 124 valence electrons. The summed E-state index contributed by atoms with van der Waals surface area (Å²) in [5.41, 5.74) is 3.05. The van der Waals surface area contributed by atoms with Crippen molar-refractivity contribution >= 4 is 5.82 Å². The molecule has 1 aliphatic rings. The van der Waals surface area contributed by atoms with Gasteiger partial charge in [0, 0.05) is 51.0 Å². The van der Waals surface area contributed by atoms with Gasteiger partial charge < -0.3 is 15.1 Å². The maximum atomic E-state index is 8.98. The molecule has 24 heavy (non-hydrogen) atoms. The molecule has 2 aromatic rings. The Balaban J connectivity index is 1.62. The first kappa shape index (κ1) is 16.4. The highest BCUT2D eigenvalue weighted by molar-refractivity contribution is 5.47. The number of pyridine rings is 1. The topological polar surface area (TPSA) is 55.2 Å². The van der Waals surface area contributed by atoms with Gasteiger partial charge in [0.2, 0.25) is 0 Å². The molecule has 0 amide bonds. The van der Waals surface area contributed by atoms with E-state index in [0.29, 0.717) is 5.56 Å². The molecule has 0 spiro atoms. The second-order valence-corrected chi connectivity index (χ2v) is 6.19. The fourth-order valence-corrected chi connectivity index (χ4v) is 2.96. The van der Waals surface area contributed by atoms with Gasteiger partial charge in [-0.15, -0.1) is 0 Å². The number of rotatable bonds is 5. The zero-order valence-corrected chi connectivity index (χ0v) is 14.1. The van der Waals surface area contributed by atoms with Gasteiger partial charge >= 0.3 is 0 Å². The van der Waals surface area contributed by atoms with Gasteiger partial charge in [-0.1, -0.05) is 18.2 Å². The summed E-state index contributed by atoms with van der Waals surface area (Å²) in [5, 5.41) is 12.4. The zero-order chi connectivity index (χ0) is 16.8. The standard InChI is InChI=1S/C19H23N5/c1-23-8-10-24(11-9-23)19-18(6-3-7-22-19)15-21-14-17-5-2-4-16(12-17)13-20/h2-7,12,21H,8-11,14-15H2,1H3. The van der Waals surface area contributed by atoms with Crippen molar-refractivity contribution < 1.29 is 0 Å². The summed E-state index contributed by atoms with van der Waals surface area (Å²) < 4.78 is 0. The molecule has 1 fully saturated rings. The van der Waals surface area contributed by atoms with Crippen molar-refractivity contribution in [2.75, 3.05) is 38.1 Å². The van der Waals surface area contributed by atoms with Gasteiger partial charge in [-0.05, 0) is 30.8 Å². The lowest BCUT2D eigenvalue weighted by Crippen LogP contribution is -2.45. The number of likely N-dealkylation sites (N-methyl/N-ethyl adjacent to an activating group) is 1. The van der Waals surface area contributed by atoms with E-state index in [9.17, 15) is 0 Å². The molecule has 2 heterocycles. The average molecular weight is 321 g/mol. The van der Waals surface area contributed by atoms with E-state index in [0.717, 1.165) is 50.6 Å². The lowest BCUT2D eigenvalue weighted by atomic mass is 10.1. The molecule has 0 unspecified atom stereocenters. The van der Waals surface area contributed by atoms with Gasteiger partial charge in [-0.3, -0.25) is 0 Å². The SMILES string of the molecule is CN1CCN(c2ncccc2CNCc2cccc(C#N)c2)CC1. The molecule has 0 atom stereocenters. The molecular formula is C19H23N5. The van der Waals surface area contributed by atoms with E-state index in [1.807, 2.05) is 36.5 Å². The molecule has 1 aromatic heterocycles. The first-order chi connectivity index (χ1) is 11.8. The number of piperazine rings is 1. The molecule has 5 nitrogen and oxygen atoms in total. The summed E-state index contributed by atoms with van der Waals surface area (Å²) in [6.07, 6.45) is 1.87. The van der Waals surface area contributed by atoms with Crippen LogP contribution in [0.15, 0.2) is 42.6 Å². The van der Waals surface area contributed by atoms with Gasteiger partial charge in [0.15, 0.2) is 0 Å². The highest BCUT2D eigenvalue weighted by Crippen LogP contribution is 2.18. The molecule has 1 saturated heterocycles. The summed E-state index contributed by atoms with van der Waals surface area (Å²) in [7, 11) is 2.16. The fraction of sp³-hybridized carbons (Fsp3) is 0.368. The molecule has 1 aliphatic heterocycles. The van der Waals surface area contributed by atoms with E-state index in [-0.39, 0.29) is 0 Å². The van der Waals surface area contributed by atoms with Crippen LogP contribution in [0.3, 0.4) is 0 Å². The van der Waals surface area contributed by atoms with Gasteiger partial charge in [0.05, 0.1) is 11.6 Å². The molecule has 0 bridgehead atoms. The van der Waals surface area contributed by atoms with E-state index in [4.69, 9.17) is 5.26 Å². The lowest BCUT2D eigenvalue weighted by molar-refractivity contribution is 0.311. The third-order valence-electron chi connectivity index (χ3n) is 4.37. The van der Waals surface area contributed by atoms with E-state index >= 15 is 0 Å². The van der Waals surface area contributed by atoms with Crippen LogP contribution in [0.4, 0.5) is 5.82 Å². The van der Waals surface area contributed by atoms with Crippen LogP contribution >= 0.6 is 0 Å². The van der Waals surface area contributed by atoms with Crippen molar-refractivity contribution in [2.45, 2.75) is 13.1 Å². The van der Waals surface area contributed by atoms with E-state index in [1.165, 1.54) is 5.56 Å². The quantitative estimate of drug-likeness (QED) is 0.913. The Bertz CT molecular complexity index is 714. The largest absolute Gasteiger partial charge is 0.354 e. The van der Waals surface area contributed by atoms with Crippen LogP contribution in [0.25, 0.3) is 0 Å². The number of anilines is 1. The van der Waals surface area contributed by atoms with E-state index < -0.39 is 0 Å². The number of nitrogens with one attached hydrogen (secondary N) is 1. The predicted molar refractivity (Wildman–Crippen MR) is 95.6 cm³/mol. The minimum atomic E-state index is 0.703. The number of nitriles is 1. The molecule has 1 aromatic carbocycles. The number of benzene rings is 1. The van der Waals surface area contributed by atoms with Crippen LogP contribution < -0.4 is 10.2 Å². The zero-order valence-electron chi connectivity index (χ0n) is 14.1. The molecule has 0 radical (unpaired) electrons. The van der Waals surface area contributed by atoms with Crippen molar-refractivity contribution in [3.05, 3.63) is 59.3 Å². The summed E-state index contributed by atoms with van der Waals surface area (Å²) >= 11 is 0. The normalized spacial score (nSPS) is 15.2. The Morgan fingerprint density at radius 1 is 1.12 bits per heavy atom. The third-order valence-corrected chi connectivity index (χ3v) is 4.37. The van der Waals surface area contributed by atoms with Crippen LogP contribution in [0.2, 0.25) is 0 Å². The van der Waals surface area contributed by atoms with Gasteiger partial charge in [0.25, 0.3) is 0 Å². The smallest absolute Gasteiger partial charge is 0.133 e.